The topological polar surface area (TPSA) is 49.4 Å². The van der Waals surface area contributed by atoms with E-state index in [0.717, 1.165) is 24.0 Å². The van der Waals surface area contributed by atoms with Gasteiger partial charge < -0.3 is 10.2 Å². The Balaban J connectivity index is 2.19. The molecule has 0 bridgehead atoms. The van der Waals surface area contributed by atoms with Crippen LogP contribution in [0.1, 0.15) is 49.8 Å². The SMILES string of the molecule is CCCCNC(=O)[C@H](CC)N(Cc1ccccc1)C(=O)Cc1ccc(C)cc1. The van der Waals surface area contributed by atoms with Crippen molar-refractivity contribution in [3.8, 4) is 0 Å². The van der Waals surface area contributed by atoms with Gasteiger partial charge in [0.15, 0.2) is 0 Å². The van der Waals surface area contributed by atoms with Crippen molar-refractivity contribution in [1.82, 2.24) is 10.2 Å². The Labute approximate surface area is 169 Å². The summed E-state index contributed by atoms with van der Waals surface area (Å²) in [6.07, 6.45) is 2.85. The molecule has 2 aromatic rings. The smallest absolute Gasteiger partial charge is 0.242 e. The molecule has 2 rings (SSSR count). The van der Waals surface area contributed by atoms with E-state index in [0.29, 0.717) is 25.9 Å². The average molecular weight is 381 g/mol. The first-order valence-corrected chi connectivity index (χ1v) is 10.2. The number of aryl methyl sites for hydroxylation is 1. The van der Waals surface area contributed by atoms with Crippen LogP contribution in [0.15, 0.2) is 54.6 Å². The Morgan fingerprint density at radius 3 is 2.25 bits per heavy atom. The van der Waals surface area contributed by atoms with Gasteiger partial charge in [0.2, 0.25) is 11.8 Å². The second-order valence-corrected chi connectivity index (χ2v) is 7.24. The molecule has 0 aliphatic rings. The van der Waals surface area contributed by atoms with Crippen LogP contribution < -0.4 is 5.32 Å². The fourth-order valence-corrected chi connectivity index (χ4v) is 3.19. The van der Waals surface area contributed by atoms with Crippen LogP contribution in [-0.2, 0) is 22.6 Å². The molecule has 0 unspecified atom stereocenters. The molecule has 0 saturated carbocycles. The van der Waals surface area contributed by atoms with Gasteiger partial charge in [0.25, 0.3) is 0 Å². The summed E-state index contributed by atoms with van der Waals surface area (Å²) in [5.74, 6) is -0.0886. The molecule has 0 saturated heterocycles. The maximum atomic E-state index is 13.2. The van der Waals surface area contributed by atoms with Gasteiger partial charge in [0.1, 0.15) is 6.04 Å². The summed E-state index contributed by atoms with van der Waals surface area (Å²) in [5.41, 5.74) is 3.16. The molecule has 0 aliphatic heterocycles. The molecular weight excluding hydrogens is 348 g/mol. The minimum atomic E-state index is -0.463. The maximum Gasteiger partial charge on any atom is 0.242 e. The van der Waals surface area contributed by atoms with Crippen LogP contribution in [0, 0.1) is 6.92 Å². The van der Waals surface area contributed by atoms with E-state index in [1.165, 1.54) is 5.56 Å². The van der Waals surface area contributed by atoms with Gasteiger partial charge in [-0.1, -0.05) is 80.4 Å². The van der Waals surface area contributed by atoms with Crippen LogP contribution in [-0.4, -0.2) is 29.3 Å². The van der Waals surface area contributed by atoms with Crippen LogP contribution in [0.4, 0.5) is 0 Å². The summed E-state index contributed by atoms with van der Waals surface area (Å²) < 4.78 is 0. The Hall–Kier alpha value is -2.62. The lowest BCUT2D eigenvalue weighted by Crippen LogP contribution is -2.49. The quantitative estimate of drug-likeness (QED) is 0.626. The molecule has 1 atom stereocenters. The fraction of sp³-hybridized carbons (Fsp3) is 0.417. The number of carbonyl (C=O) groups excluding carboxylic acids is 2. The Kier molecular flexibility index (Phi) is 8.73. The second-order valence-electron chi connectivity index (χ2n) is 7.24. The van der Waals surface area contributed by atoms with E-state index in [1.807, 2.05) is 68.4 Å². The van der Waals surface area contributed by atoms with Gasteiger partial charge in [0.05, 0.1) is 6.42 Å². The lowest BCUT2D eigenvalue weighted by molar-refractivity contribution is -0.140. The molecule has 150 valence electrons. The third-order valence-electron chi connectivity index (χ3n) is 4.89. The summed E-state index contributed by atoms with van der Waals surface area (Å²) in [7, 11) is 0. The van der Waals surface area contributed by atoms with Crippen molar-refractivity contribution in [2.24, 2.45) is 0 Å². The molecule has 0 aromatic heterocycles. The molecule has 4 nitrogen and oxygen atoms in total. The minimum Gasteiger partial charge on any atom is -0.354 e. The first-order valence-electron chi connectivity index (χ1n) is 10.2. The number of hydrogen-bond acceptors (Lipinski definition) is 2. The lowest BCUT2D eigenvalue weighted by atomic mass is 10.1. The van der Waals surface area contributed by atoms with E-state index in [4.69, 9.17) is 0 Å². The summed E-state index contributed by atoms with van der Waals surface area (Å²) in [5, 5.41) is 2.99. The fourth-order valence-electron chi connectivity index (χ4n) is 3.19. The van der Waals surface area contributed by atoms with Crippen molar-refractivity contribution in [2.75, 3.05) is 6.54 Å². The van der Waals surface area contributed by atoms with Crippen molar-refractivity contribution in [3.05, 3.63) is 71.3 Å². The Bertz CT molecular complexity index is 741. The van der Waals surface area contributed by atoms with Gasteiger partial charge in [-0.25, -0.2) is 0 Å². The highest BCUT2D eigenvalue weighted by molar-refractivity contribution is 5.88. The standard InChI is InChI=1S/C24H32N2O2/c1-4-6-16-25-24(28)22(5-2)26(18-21-10-8-7-9-11-21)23(27)17-20-14-12-19(3)13-15-20/h7-15,22H,4-6,16-18H2,1-3H3,(H,25,28)/t22-/m0/s1. The maximum absolute atomic E-state index is 13.2. The molecule has 0 aliphatic carbocycles. The van der Waals surface area contributed by atoms with Crippen LogP contribution in [0.25, 0.3) is 0 Å². The molecule has 0 spiro atoms. The van der Waals surface area contributed by atoms with E-state index in [9.17, 15) is 9.59 Å². The second kappa shape index (κ2) is 11.3. The van der Waals surface area contributed by atoms with E-state index < -0.39 is 6.04 Å². The van der Waals surface area contributed by atoms with Gasteiger partial charge in [-0.05, 0) is 30.9 Å². The monoisotopic (exact) mass is 380 g/mol. The van der Waals surface area contributed by atoms with E-state index >= 15 is 0 Å². The molecular formula is C24H32N2O2. The zero-order valence-electron chi connectivity index (χ0n) is 17.3. The van der Waals surface area contributed by atoms with E-state index in [-0.39, 0.29) is 11.8 Å². The Morgan fingerprint density at radius 1 is 0.964 bits per heavy atom. The summed E-state index contributed by atoms with van der Waals surface area (Å²) in [6.45, 7) is 7.17. The van der Waals surface area contributed by atoms with Gasteiger partial charge in [-0.3, -0.25) is 9.59 Å². The third-order valence-corrected chi connectivity index (χ3v) is 4.89. The molecule has 1 N–H and O–H groups in total. The number of nitrogens with zero attached hydrogens (tertiary/aromatic N) is 1. The molecule has 4 heteroatoms. The van der Waals surface area contributed by atoms with E-state index in [1.54, 1.807) is 4.90 Å². The summed E-state index contributed by atoms with van der Waals surface area (Å²) in [6, 6.07) is 17.4. The summed E-state index contributed by atoms with van der Waals surface area (Å²) in [4.78, 5) is 27.7. The summed E-state index contributed by atoms with van der Waals surface area (Å²) >= 11 is 0. The van der Waals surface area contributed by atoms with Crippen molar-refractivity contribution in [3.63, 3.8) is 0 Å². The van der Waals surface area contributed by atoms with Gasteiger partial charge in [-0.15, -0.1) is 0 Å². The van der Waals surface area contributed by atoms with Gasteiger partial charge in [-0.2, -0.15) is 0 Å². The highest BCUT2D eigenvalue weighted by Gasteiger charge is 2.28. The molecule has 2 amide bonds. The first-order chi connectivity index (χ1) is 13.5. The first kappa shape index (κ1) is 21.7. The Morgan fingerprint density at radius 2 is 1.64 bits per heavy atom. The predicted octanol–water partition coefficient (Wildman–Crippen LogP) is 4.26. The van der Waals surface area contributed by atoms with Gasteiger partial charge >= 0.3 is 0 Å². The highest BCUT2D eigenvalue weighted by atomic mass is 16.2. The van der Waals surface area contributed by atoms with Crippen molar-refractivity contribution in [2.45, 2.75) is 59.0 Å². The van der Waals surface area contributed by atoms with Crippen LogP contribution in [0.5, 0.6) is 0 Å². The number of nitrogens with one attached hydrogen (secondary N) is 1. The van der Waals surface area contributed by atoms with Crippen LogP contribution in [0.3, 0.4) is 0 Å². The largest absolute Gasteiger partial charge is 0.354 e. The zero-order chi connectivity index (χ0) is 20.4. The van der Waals surface area contributed by atoms with Gasteiger partial charge in [0, 0.05) is 13.1 Å². The number of carbonyl (C=O) groups is 2. The van der Waals surface area contributed by atoms with Crippen LogP contribution in [0.2, 0.25) is 0 Å². The molecule has 0 fully saturated rings. The molecule has 28 heavy (non-hydrogen) atoms. The van der Waals surface area contributed by atoms with Crippen LogP contribution >= 0.6 is 0 Å². The number of hydrogen-bond donors (Lipinski definition) is 1. The minimum absolute atomic E-state index is 0.0230. The molecule has 0 radical (unpaired) electrons. The molecule has 0 heterocycles. The number of benzene rings is 2. The lowest BCUT2D eigenvalue weighted by Gasteiger charge is -2.31. The number of amides is 2. The average Bonchev–Trinajstić information content (AvgIpc) is 2.70. The normalized spacial score (nSPS) is 11.7. The number of rotatable bonds is 10. The molecule has 2 aromatic carbocycles. The van der Waals surface area contributed by atoms with Crippen molar-refractivity contribution < 1.29 is 9.59 Å². The highest BCUT2D eigenvalue weighted by Crippen LogP contribution is 2.15. The predicted molar refractivity (Wildman–Crippen MR) is 114 cm³/mol. The number of unbranched alkanes of at least 4 members (excludes halogenated alkanes) is 1. The third kappa shape index (κ3) is 6.52. The van der Waals surface area contributed by atoms with Crippen molar-refractivity contribution >= 4 is 11.8 Å². The zero-order valence-corrected chi connectivity index (χ0v) is 17.3. The van der Waals surface area contributed by atoms with Crippen molar-refractivity contribution in [1.29, 1.82) is 0 Å². The van der Waals surface area contributed by atoms with E-state index in [2.05, 4.69) is 12.2 Å².